The van der Waals surface area contributed by atoms with Crippen molar-refractivity contribution >= 4 is 39.8 Å². The number of carboxylic acid groups (broad SMARTS) is 1. The maximum absolute atomic E-state index is 12.5. The van der Waals surface area contributed by atoms with Crippen molar-refractivity contribution in [1.82, 2.24) is 14.9 Å². The number of aromatic nitrogens is 2. The number of aromatic hydroxyl groups is 1. The number of amides is 1. The Morgan fingerprint density at radius 1 is 1.14 bits per heavy atom. The van der Waals surface area contributed by atoms with Gasteiger partial charge in [0.1, 0.15) is 6.54 Å². The number of pyridine rings is 1. The highest BCUT2D eigenvalue weighted by molar-refractivity contribution is 6.31. The van der Waals surface area contributed by atoms with Crippen LogP contribution in [-0.4, -0.2) is 38.2 Å². The maximum Gasteiger partial charge on any atom is 0.322 e. The molecule has 0 spiro atoms. The van der Waals surface area contributed by atoms with Gasteiger partial charge < -0.3 is 15.5 Å². The summed E-state index contributed by atoms with van der Waals surface area (Å²) >= 11 is 6.13. The van der Waals surface area contributed by atoms with Crippen molar-refractivity contribution in [2.45, 2.75) is 0 Å². The Bertz CT molecular complexity index is 1250. The van der Waals surface area contributed by atoms with Crippen LogP contribution in [0.25, 0.3) is 27.4 Å². The second-order valence-corrected chi connectivity index (χ2v) is 6.58. The molecule has 0 aliphatic carbocycles. The van der Waals surface area contributed by atoms with Gasteiger partial charge in [-0.25, -0.2) is 4.52 Å². The summed E-state index contributed by atoms with van der Waals surface area (Å²) in [5, 5.41) is 27.8. The zero-order chi connectivity index (χ0) is 19.8. The Morgan fingerprint density at radius 2 is 1.93 bits per heavy atom. The van der Waals surface area contributed by atoms with Gasteiger partial charge in [-0.2, -0.15) is 5.10 Å². The standard InChI is InChI=1S/C20H14ClN3O4/c21-12-4-1-3-11(9-12)13-5-2-6-14-17(13)15-7-8-23-24(15)18(19(14)27)20(28)22-10-16(25)26/h1-9,27H,10H2,(H,22,28)(H,25,26). The first-order valence-corrected chi connectivity index (χ1v) is 8.72. The first-order chi connectivity index (χ1) is 13.5. The molecular formula is C20H14ClN3O4. The number of nitrogens with one attached hydrogen (secondary N) is 1. The Hall–Kier alpha value is -3.58. The Kier molecular flexibility index (Phi) is 4.37. The number of benzene rings is 2. The second-order valence-electron chi connectivity index (χ2n) is 6.14. The van der Waals surface area contributed by atoms with Crippen LogP contribution in [0.3, 0.4) is 0 Å². The largest absolute Gasteiger partial charge is 0.505 e. The molecule has 8 heteroatoms. The van der Waals surface area contributed by atoms with E-state index in [9.17, 15) is 14.7 Å². The number of carbonyl (C=O) groups excluding carboxylic acids is 1. The van der Waals surface area contributed by atoms with Gasteiger partial charge in [0.25, 0.3) is 5.91 Å². The van der Waals surface area contributed by atoms with Crippen LogP contribution in [0.15, 0.2) is 54.7 Å². The van der Waals surface area contributed by atoms with Gasteiger partial charge in [0.2, 0.25) is 0 Å². The highest BCUT2D eigenvalue weighted by Crippen LogP contribution is 2.38. The van der Waals surface area contributed by atoms with Crippen LogP contribution in [-0.2, 0) is 4.79 Å². The predicted molar refractivity (Wildman–Crippen MR) is 105 cm³/mol. The number of nitrogens with zero attached hydrogens (tertiary/aromatic N) is 2. The number of halogens is 1. The van der Waals surface area contributed by atoms with Crippen LogP contribution in [0.1, 0.15) is 10.5 Å². The van der Waals surface area contributed by atoms with Crippen molar-refractivity contribution in [2.24, 2.45) is 0 Å². The Balaban J connectivity index is 2.01. The molecule has 0 aliphatic heterocycles. The van der Waals surface area contributed by atoms with Crippen molar-refractivity contribution in [3.05, 3.63) is 65.4 Å². The zero-order valence-electron chi connectivity index (χ0n) is 14.4. The summed E-state index contributed by atoms with van der Waals surface area (Å²) in [6.07, 6.45) is 1.51. The monoisotopic (exact) mass is 395 g/mol. The summed E-state index contributed by atoms with van der Waals surface area (Å²) in [7, 11) is 0. The minimum atomic E-state index is -1.19. The lowest BCUT2D eigenvalue weighted by Crippen LogP contribution is -2.30. The van der Waals surface area contributed by atoms with Crippen LogP contribution in [0.5, 0.6) is 5.75 Å². The number of hydrogen-bond acceptors (Lipinski definition) is 4. The fourth-order valence-electron chi connectivity index (χ4n) is 3.26. The van der Waals surface area contributed by atoms with Gasteiger partial charge in [0.15, 0.2) is 11.4 Å². The van der Waals surface area contributed by atoms with E-state index in [-0.39, 0.29) is 11.4 Å². The molecule has 7 nitrogen and oxygen atoms in total. The predicted octanol–water partition coefficient (Wildman–Crippen LogP) is 3.33. The number of carbonyl (C=O) groups is 2. The van der Waals surface area contributed by atoms with E-state index < -0.39 is 18.4 Å². The number of fused-ring (bicyclic) bond motifs is 3. The van der Waals surface area contributed by atoms with Crippen LogP contribution < -0.4 is 5.32 Å². The molecule has 0 saturated carbocycles. The van der Waals surface area contributed by atoms with E-state index in [2.05, 4.69) is 10.4 Å². The van der Waals surface area contributed by atoms with E-state index in [0.29, 0.717) is 21.3 Å². The molecule has 0 aliphatic rings. The highest BCUT2D eigenvalue weighted by atomic mass is 35.5. The Morgan fingerprint density at radius 3 is 2.68 bits per heavy atom. The third kappa shape index (κ3) is 2.91. The van der Waals surface area contributed by atoms with Gasteiger partial charge in [-0.15, -0.1) is 0 Å². The van der Waals surface area contributed by atoms with Crippen molar-refractivity contribution in [2.75, 3.05) is 6.54 Å². The lowest BCUT2D eigenvalue weighted by atomic mass is 9.97. The van der Waals surface area contributed by atoms with E-state index in [1.165, 1.54) is 10.7 Å². The molecule has 0 atom stereocenters. The molecule has 0 fully saturated rings. The molecule has 28 heavy (non-hydrogen) atoms. The van der Waals surface area contributed by atoms with E-state index in [1.807, 2.05) is 24.3 Å². The van der Waals surface area contributed by atoms with Crippen LogP contribution in [0.4, 0.5) is 0 Å². The first kappa shape index (κ1) is 17.8. The van der Waals surface area contributed by atoms with Crippen LogP contribution >= 0.6 is 11.6 Å². The highest BCUT2D eigenvalue weighted by Gasteiger charge is 2.22. The summed E-state index contributed by atoms with van der Waals surface area (Å²) in [6, 6.07) is 14.4. The fourth-order valence-corrected chi connectivity index (χ4v) is 3.45. The van der Waals surface area contributed by atoms with Crippen LogP contribution in [0.2, 0.25) is 5.02 Å². The van der Waals surface area contributed by atoms with E-state index in [0.717, 1.165) is 11.1 Å². The zero-order valence-corrected chi connectivity index (χ0v) is 15.1. The number of aliphatic carboxylic acids is 1. The molecule has 2 heterocycles. The van der Waals surface area contributed by atoms with Crippen molar-refractivity contribution in [3.8, 4) is 16.9 Å². The Labute approximate surface area is 163 Å². The average Bonchev–Trinajstić information content (AvgIpc) is 3.15. The van der Waals surface area contributed by atoms with Crippen molar-refractivity contribution < 1.29 is 19.8 Å². The fraction of sp³-hybridized carbons (Fsp3) is 0.0500. The van der Waals surface area contributed by atoms with Gasteiger partial charge in [-0.3, -0.25) is 9.59 Å². The molecule has 0 radical (unpaired) electrons. The normalized spacial score (nSPS) is 11.0. The summed E-state index contributed by atoms with van der Waals surface area (Å²) in [5.74, 6) is -2.20. The molecule has 0 saturated heterocycles. The smallest absolute Gasteiger partial charge is 0.322 e. The number of carboxylic acids is 1. The topological polar surface area (TPSA) is 104 Å². The molecule has 2 aromatic carbocycles. The maximum atomic E-state index is 12.5. The number of rotatable bonds is 4. The molecular weight excluding hydrogens is 382 g/mol. The number of hydrogen-bond donors (Lipinski definition) is 3. The third-order valence-corrected chi connectivity index (χ3v) is 4.64. The molecule has 3 N–H and O–H groups in total. The van der Waals surface area contributed by atoms with Gasteiger partial charge >= 0.3 is 5.97 Å². The first-order valence-electron chi connectivity index (χ1n) is 8.34. The molecule has 2 aromatic heterocycles. The summed E-state index contributed by atoms with van der Waals surface area (Å²) in [5.41, 5.74) is 2.14. The minimum Gasteiger partial charge on any atom is -0.505 e. The summed E-state index contributed by atoms with van der Waals surface area (Å²) in [6.45, 7) is -0.568. The van der Waals surface area contributed by atoms with E-state index in [4.69, 9.17) is 16.7 Å². The molecule has 1 amide bonds. The third-order valence-electron chi connectivity index (χ3n) is 4.41. The second kappa shape index (κ2) is 6.86. The summed E-state index contributed by atoms with van der Waals surface area (Å²) in [4.78, 5) is 23.3. The van der Waals surface area contributed by atoms with Crippen molar-refractivity contribution in [1.29, 1.82) is 0 Å². The lowest BCUT2D eigenvalue weighted by Gasteiger charge is -2.14. The van der Waals surface area contributed by atoms with E-state index >= 15 is 0 Å². The van der Waals surface area contributed by atoms with Gasteiger partial charge in [0, 0.05) is 15.8 Å². The molecule has 140 valence electrons. The van der Waals surface area contributed by atoms with E-state index in [1.54, 1.807) is 24.3 Å². The van der Waals surface area contributed by atoms with Crippen LogP contribution in [0, 0.1) is 0 Å². The average molecular weight is 396 g/mol. The lowest BCUT2D eigenvalue weighted by molar-refractivity contribution is -0.135. The van der Waals surface area contributed by atoms with Gasteiger partial charge in [-0.05, 0) is 29.3 Å². The molecule has 4 aromatic rings. The molecule has 0 bridgehead atoms. The van der Waals surface area contributed by atoms with Gasteiger partial charge in [-0.1, -0.05) is 41.9 Å². The van der Waals surface area contributed by atoms with Gasteiger partial charge in [0.05, 0.1) is 11.7 Å². The SMILES string of the molecule is O=C(O)CNC(=O)c1c(O)c2cccc(-c3cccc(Cl)c3)c2c2ccnn12. The molecule has 0 unspecified atom stereocenters. The molecule has 4 rings (SSSR count). The van der Waals surface area contributed by atoms with Crippen molar-refractivity contribution in [3.63, 3.8) is 0 Å². The minimum absolute atomic E-state index is 0.128. The quantitative estimate of drug-likeness (QED) is 0.491. The summed E-state index contributed by atoms with van der Waals surface area (Å²) < 4.78 is 1.31.